The first kappa shape index (κ1) is 12.1. The number of amides is 2. The second-order valence-electron chi connectivity index (χ2n) is 4.06. The molecule has 3 N–H and O–H groups in total. The zero-order chi connectivity index (χ0) is 12.4. The highest BCUT2D eigenvalue weighted by Gasteiger charge is 2.29. The Morgan fingerprint density at radius 3 is 2.76 bits per heavy atom. The molecule has 2 amide bonds. The minimum Gasteiger partial charge on any atom is -0.326 e. The van der Waals surface area contributed by atoms with Crippen molar-refractivity contribution in [3.8, 4) is 0 Å². The van der Waals surface area contributed by atoms with E-state index < -0.39 is 0 Å². The van der Waals surface area contributed by atoms with Crippen LogP contribution in [0.5, 0.6) is 0 Å². The minimum absolute atomic E-state index is 0.221. The van der Waals surface area contributed by atoms with Gasteiger partial charge < -0.3 is 5.73 Å². The van der Waals surface area contributed by atoms with Crippen LogP contribution < -0.4 is 11.1 Å². The summed E-state index contributed by atoms with van der Waals surface area (Å²) in [5, 5.41) is 2.85. The van der Waals surface area contributed by atoms with Gasteiger partial charge in [0.25, 0.3) is 0 Å². The summed E-state index contributed by atoms with van der Waals surface area (Å²) < 4.78 is 0. The van der Waals surface area contributed by atoms with Gasteiger partial charge in [-0.05, 0) is 23.6 Å². The number of carbonyl (C=O) groups is 2. The van der Waals surface area contributed by atoms with Crippen molar-refractivity contribution in [1.82, 2.24) is 5.32 Å². The largest absolute Gasteiger partial charge is 0.326 e. The molecule has 1 aromatic carbocycles. The molecule has 0 saturated carbocycles. The molecule has 90 valence electrons. The first-order valence-electron chi connectivity index (χ1n) is 5.44. The highest BCUT2D eigenvalue weighted by atomic mass is 35.5. The van der Waals surface area contributed by atoms with Crippen LogP contribution in [-0.4, -0.2) is 11.8 Å². The first-order valence-corrected chi connectivity index (χ1v) is 5.81. The van der Waals surface area contributed by atoms with Gasteiger partial charge >= 0.3 is 0 Å². The molecule has 0 radical (unpaired) electrons. The summed E-state index contributed by atoms with van der Waals surface area (Å²) in [4.78, 5) is 22.8. The number of nitrogens with one attached hydrogen (secondary N) is 1. The fraction of sp³-hybridized carbons (Fsp3) is 0.333. The Labute approximate surface area is 104 Å². The van der Waals surface area contributed by atoms with Crippen molar-refractivity contribution in [2.75, 3.05) is 0 Å². The van der Waals surface area contributed by atoms with Gasteiger partial charge in [-0.25, -0.2) is 0 Å². The van der Waals surface area contributed by atoms with Gasteiger partial charge in [-0.15, -0.1) is 0 Å². The molecule has 1 atom stereocenters. The van der Waals surface area contributed by atoms with Gasteiger partial charge in [-0.2, -0.15) is 0 Å². The predicted molar refractivity (Wildman–Crippen MR) is 64.5 cm³/mol. The molecule has 0 aliphatic carbocycles. The molecular formula is C12H13ClN2O2. The van der Waals surface area contributed by atoms with Crippen LogP contribution >= 0.6 is 11.6 Å². The van der Waals surface area contributed by atoms with Crippen LogP contribution in [0, 0.1) is 0 Å². The average Bonchev–Trinajstić information content (AvgIpc) is 2.30. The third-order valence-corrected chi connectivity index (χ3v) is 3.24. The summed E-state index contributed by atoms with van der Waals surface area (Å²) in [6, 6.07) is 5.43. The topological polar surface area (TPSA) is 72.2 Å². The Bertz CT molecular complexity index is 474. The Morgan fingerprint density at radius 1 is 1.41 bits per heavy atom. The maximum Gasteiger partial charge on any atom is 0.234 e. The van der Waals surface area contributed by atoms with Crippen molar-refractivity contribution >= 4 is 23.4 Å². The number of carbonyl (C=O) groups excluding carboxylic acids is 2. The van der Waals surface area contributed by atoms with E-state index >= 15 is 0 Å². The van der Waals surface area contributed by atoms with Gasteiger partial charge in [0.1, 0.15) is 0 Å². The molecule has 1 saturated heterocycles. The van der Waals surface area contributed by atoms with Crippen LogP contribution in [0.15, 0.2) is 18.2 Å². The average molecular weight is 253 g/mol. The lowest BCUT2D eigenvalue weighted by molar-refractivity contribution is -0.134. The maximum absolute atomic E-state index is 11.7. The fourth-order valence-corrected chi connectivity index (χ4v) is 2.31. The zero-order valence-corrected chi connectivity index (χ0v) is 9.96. The van der Waals surface area contributed by atoms with Crippen molar-refractivity contribution in [2.24, 2.45) is 5.73 Å². The number of halogens is 1. The molecule has 0 spiro atoms. The Hall–Kier alpha value is -1.39. The van der Waals surface area contributed by atoms with E-state index in [0.29, 0.717) is 24.4 Å². The molecule has 0 aromatic heterocycles. The number of benzene rings is 1. The minimum atomic E-state index is -0.341. The van der Waals surface area contributed by atoms with E-state index in [-0.39, 0.29) is 17.7 Å². The molecule has 1 heterocycles. The number of hydrogen-bond donors (Lipinski definition) is 2. The van der Waals surface area contributed by atoms with Crippen LogP contribution in [-0.2, 0) is 16.1 Å². The normalized spacial score (nSPS) is 20.2. The molecule has 17 heavy (non-hydrogen) atoms. The molecule has 1 aromatic rings. The van der Waals surface area contributed by atoms with Crippen molar-refractivity contribution in [3.05, 3.63) is 34.3 Å². The summed E-state index contributed by atoms with van der Waals surface area (Å²) in [5.74, 6) is -0.836. The fourth-order valence-electron chi connectivity index (χ4n) is 1.97. The molecular weight excluding hydrogens is 240 g/mol. The van der Waals surface area contributed by atoms with E-state index in [0.717, 1.165) is 11.1 Å². The highest BCUT2D eigenvalue weighted by molar-refractivity contribution is 6.31. The van der Waals surface area contributed by atoms with E-state index in [4.69, 9.17) is 17.3 Å². The molecule has 1 fully saturated rings. The molecule has 0 bridgehead atoms. The Kier molecular flexibility index (Phi) is 3.45. The summed E-state index contributed by atoms with van der Waals surface area (Å²) in [6.45, 7) is 0.412. The van der Waals surface area contributed by atoms with E-state index in [1.54, 1.807) is 6.07 Å². The summed E-state index contributed by atoms with van der Waals surface area (Å²) in [6.07, 6.45) is 0.859. The van der Waals surface area contributed by atoms with E-state index in [1.165, 1.54) is 0 Å². The number of nitrogens with two attached hydrogens (primary N) is 1. The van der Waals surface area contributed by atoms with Crippen molar-refractivity contribution < 1.29 is 9.59 Å². The molecule has 1 unspecified atom stereocenters. The number of piperidine rings is 1. The standard InChI is InChI=1S/C12H13ClN2O2/c13-10-5-7(6-14)1-2-8(10)9-3-4-11(16)15-12(9)17/h1-2,5,9H,3-4,6,14H2,(H,15,16,17). The van der Waals surface area contributed by atoms with E-state index in [2.05, 4.69) is 5.32 Å². The Balaban J connectivity index is 2.28. The lowest BCUT2D eigenvalue weighted by atomic mass is 9.90. The summed E-state index contributed by atoms with van der Waals surface area (Å²) in [7, 11) is 0. The quantitative estimate of drug-likeness (QED) is 0.780. The van der Waals surface area contributed by atoms with Crippen LogP contribution in [0.4, 0.5) is 0 Å². The zero-order valence-electron chi connectivity index (χ0n) is 9.20. The third kappa shape index (κ3) is 2.48. The second-order valence-corrected chi connectivity index (χ2v) is 4.47. The number of rotatable bonds is 2. The maximum atomic E-state index is 11.7. The SMILES string of the molecule is NCc1ccc(C2CCC(=O)NC2=O)c(Cl)c1. The van der Waals surface area contributed by atoms with Gasteiger partial charge in [0.05, 0.1) is 5.92 Å². The van der Waals surface area contributed by atoms with Crippen molar-refractivity contribution in [3.63, 3.8) is 0 Å². The monoisotopic (exact) mass is 252 g/mol. The third-order valence-electron chi connectivity index (χ3n) is 2.92. The summed E-state index contributed by atoms with van der Waals surface area (Å²) >= 11 is 6.12. The first-order chi connectivity index (χ1) is 8.11. The van der Waals surface area contributed by atoms with Gasteiger partial charge in [0, 0.05) is 18.0 Å². The molecule has 2 rings (SSSR count). The van der Waals surface area contributed by atoms with Crippen LogP contribution in [0.3, 0.4) is 0 Å². The predicted octanol–water partition coefficient (Wildman–Crippen LogP) is 1.32. The molecule has 1 aliphatic heterocycles. The van der Waals surface area contributed by atoms with Gasteiger partial charge in [0.15, 0.2) is 0 Å². The van der Waals surface area contributed by atoms with Crippen LogP contribution in [0.1, 0.15) is 29.9 Å². The summed E-state index contributed by atoms with van der Waals surface area (Å²) in [5.41, 5.74) is 7.19. The van der Waals surface area contributed by atoms with Gasteiger partial charge in [-0.1, -0.05) is 23.7 Å². The van der Waals surface area contributed by atoms with Crippen LogP contribution in [0.2, 0.25) is 5.02 Å². The van der Waals surface area contributed by atoms with Crippen molar-refractivity contribution in [2.45, 2.75) is 25.3 Å². The smallest absolute Gasteiger partial charge is 0.234 e. The second kappa shape index (κ2) is 4.85. The molecule has 4 nitrogen and oxygen atoms in total. The number of hydrogen-bond acceptors (Lipinski definition) is 3. The van der Waals surface area contributed by atoms with Crippen LogP contribution in [0.25, 0.3) is 0 Å². The lowest BCUT2D eigenvalue weighted by Crippen LogP contribution is -2.39. The van der Waals surface area contributed by atoms with Crippen molar-refractivity contribution in [1.29, 1.82) is 0 Å². The lowest BCUT2D eigenvalue weighted by Gasteiger charge is -2.22. The highest BCUT2D eigenvalue weighted by Crippen LogP contribution is 2.30. The molecule has 5 heteroatoms. The van der Waals surface area contributed by atoms with Gasteiger partial charge in [0.2, 0.25) is 11.8 Å². The molecule has 1 aliphatic rings. The van der Waals surface area contributed by atoms with Gasteiger partial charge in [-0.3, -0.25) is 14.9 Å². The number of imide groups is 1. The van der Waals surface area contributed by atoms with E-state index in [1.807, 2.05) is 12.1 Å². The Morgan fingerprint density at radius 2 is 2.18 bits per heavy atom. The van der Waals surface area contributed by atoms with E-state index in [9.17, 15) is 9.59 Å².